The zero-order valence-corrected chi connectivity index (χ0v) is 14.7. The molecule has 0 saturated heterocycles. The van der Waals surface area contributed by atoms with Gasteiger partial charge in [-0.25, -0.2) is 4.39 Å². The largest absolute Gasteiger partial charge is 0.338 e. The minimum absolute atomic E-state index is 0.0144. The summed E-state index contributed by atoms with van der Waals surface area (Å²) in [7, 11) is 2.01. The van der Waals surface area contributed by atoms with E-state index in [2.05, 4.69) is 27.1 Å². The Hall–Kier alpha value is -2.54. The summed E-state index contributed by atoms with van der Waals surface area (Å²) in [5, 5.41) is 8.33. The Morgan fingerprint density at radius 2 is 2.00 bits per heavy atom. The van der Waals surface area contributed by atoms with Gasteiger partial charge in [0.05, 0.1) is 12.2 Å². The van der Waals surface area contributed by atoms with Gasteiger partial charge < -0.3 is 4.52 Å². The molecule has 0 aliphatic heterocycles. The van der Waals surface area contributed by atoms with Crippen LogP contribution in [0.15, 0.2) is 41.2 Å². The van der Waals surface area contributed by atoms with E-state index >= 15 is 0 Å². The summed E-state index contributed by atoms with van der Waals surface area (Å²) in [4.78, 5) is 6.61. The third kappa shape index (κ3) is 4.30. The second-order valence-corrected chi connectivity index (χ2v) is 6.15. The van der Waals surface area contributed by atoms with Gasteiger partial charge in [-0.1, -0.05) is 17.3 Å². The van der Waals surface area contributed by atoms with Crippen LogP contribution in [0.2, 0.25) is 0 Å². The third-order valence-electron chi connectivity index (χ3n) is 4.22. The summed E-state index contributed by atoms with van der Waals surface area (Å²) in [5.74, 6) is 0.919. The van der Waals surface area contributed by atoms with Crippen molar-refractivity contribution in [2.75, 3.05) is 7.05 Å². The highest BCUT2D eigenvalue weighted by atomic mass is 19.1. The Morgan fingerprint density at radius 1 is 1.24 bits per heavy atom. The van der Waals surface area contributed by atoms with Crippen LogP contribution in [-0.2, 0) is 19.5 Å². The van der Waals surface area contributed by atoms with Gasteiger partial charge in [-0.3, -0.25) is 9.58 Å². The smallest absolute Gasteiger partial charge is 0.243 e. The Morgan fingerprint density at radius 3 is 2.68 bits per heavy atom. The van der Waals surface area contributed by atoms with E-state index in [0.29, 0.717) is 18.1 Å². The summed E-state index contributed by atoms with van der Waals surface area (Å²) in [5.41, 5.74) is 2.09. The Bertz CT molecular complexity index is 811. The lowest BCUT2D eigenvalue weighted by Gasteiger charge is -2.20. The fourth-order valence-electron chi connectivity index (χ4n) is 2.57. The van der Waals surface area contributed by atoms with Gasteiger partial charge in [0.2, 0.25) is 5.89 Å². The maximum Gasteiger partial charge on any atom is 0.243 e. The minimum atomic E-state index is -0.251. The van der Waals surface area contributed by atoms with Crippen LogP contribution in [0.5, 0.6) is 0 Å². The van der Waals surface area contributed by atoms with Crippen LogP contribution >= 0.6 is 0 Å². The molecule has 0 saturated carbocycles. The number of nitrogens with zero attached hydrogens (tertiary/aromatic N) is 5. The first-order valence-electron chi connectivity index (χ1n) is 8.33. The molecule has 7 heteroatoms. The normalized spacial score (nSPS) is 12.7. The third-order valence-corrected chi connectivity index (χ3v) is 4.22. The number of aromatic nitrogens is 4. The lowest BCUT2D eigenvalue weighted by molar-refractivity contribution is 0.202. The summed E-state index contributed by atoms with van der Waals surface area (Å²) in [6, 6.07) is 6.31. The van der Waals surface area contributed by atoms with Crippen molar-refractivity contribution in [3.63, 3.8) is 0 Å². The lowest BCUT2D eigenvalue weighted by atomic mass is 10.1. The summed E-state index contributed by atoms with van der Waals surface area (Å²) < 4.78 is 20.3. The summed E-state index contributed by atoms with van der Waals surface area (Å²) in [6.45, 7) is 5.69. The van der Waals surface area contributed by atoms with Crippen LogP contribution in [0.4, 0.5) is 4.39 Å². The van der Waals surface area contributed by atoms with Crippen LogP contribution in [0, 0.1) is 5.82 Å². The van der Waals surface area contributed by atoms with Crippen LogP contribution in [0.1, 0.15) is 42.7 Å². The number of aryl methyl sites for hydroxylation is 1. The van der Waals surface area contributed by atoms with Crippen LogP contribution in [0.25, 0.3) is 0 Å². The van der Waals surface area contributed by atoms with E-state index in [9.17, 15) is 4.39 Å². The molecule has 3 aromatic rings. The molecule has 1 aromatic carbocycles. The Balaban J connectivity index is 1.62. The van der Waals surface area contributed by atoms with Crippen molar-refractivity contribution in [2.45, 2.75) is 39.4 Å². The molecule has 0 aliphatic carbocycles. The van der Waals surface area contributed by atoms with Crippen molar-refractivity contribution >= 4 is 0 Å². The van der Waals surface area contributed by atoms with Gasteiger partial charge in [-0.05, 0) is 38.6 Å². The van der Waals surface area contributed by atoms with Gasteiger partial charge >= 0.3 is 0 Å². The average molecular weight is 343 g/mol. The van der Waals surface area contributed by atoms with E-state index < -0.39 is 0 Å². The van der Waals surface area contributed by atoms with Crippen LogP contribution in [0.3, 0.4) is 0 Å². The van der Waals surface area contributed by atoms with Crippen molar-refractivity contribution in [2.24, 2.45) is 0 Å². The number of hydrogen-bond donors (Lipinski definition) is 0. The molecule has 1 atom stereocenters. The van der Waals surface area contributed by atoms with Gasteiger partial charge in [0.1, 0.15) is 5.82 Å². The van der Waals surface area contributed by atoms with Crippen molar-refractivity contribution in [1.82, 2.24) is 24.8 Å². The fourth-order valence-corrected chi connectivity index (χ4v) is 2.57. The van der Waals surface area contributed by atoms with E-state index in [0.717, 1.165) is 24.2 Å². The van der Waals surface area contributed by atoms with Gasteiger partial charge in [0.15, 0.2) is 5.82 Å². The maximum atomic E-state index is 13.0. The average Bonchev–Trinajstić information content (AvgIpc) is 3.25. The van der Waals surface area contributed by atoms with Crippen molar-refractivity contribution < 1.29 is 8.91 Å². The molecule has 0 aliphatic rings. The predicted molar refractivity (Wildman–Crippen MR) is 91.3 cm³/mol. The zero-order valence-electron chi connectivity index (χ0n) is 14.7. The number of hydrogen-bond acceptors (Lipinski definition) is 5. The number of benzene rings is 1. The molecule has 132 valence electrons. The van der Waals surface area contributed by atoms with E-state index in [1.54, 1.807) is 12.1 Å². The highest BCUT2D eigenvalue weighted by Crippen LogP contribution is 2.20. The van der Waals surface area contributed by atoms with Crippen LogP contribution in [-0.4, -0.2) is 31.9 Å². The SMILES string of the molecule is CCn1cc(CN(C)C(C)c2nc(Cc3ccc(F)cc3)no2)cn1. The van der Waals surface area contributed by atoms with Crippen LogP contribution < -0.4 is 0 Å². The molecular formula is C18H22FN5O. The molecule has 0 radical (unpaired) electrons. The van der Waals surface area contributed by atoms with Crippen molar-refractivity contribution in [3.8, 4) is 0 Å². The zero-order chi connectivity index (χ0) is 17.8. The molecule has 6 nitrogen and oxygen atoms in total. The maximum absolute atomic E-state index is 13.0. The molecule has 3 rings (SSSR count). The Kier molecular flexibility index (Phi) is 5.23. The quantitative estimate of drug-likeness (QED) is 0.659. The van der Waals surface area contributed by atoms with Gasteiger partial charge in [0, 0.05) is 31.3 Å². The molecule has 2 aromatic heterocycles. The Labute approximate surface area is 146 Å². The van der Waals surface area contributed by atoms with E-state index in [1.807, 2.05) is 31.0 Å². The number of rotatable bonds is 7. The lowest BCUT2D eigenvalue weighted by Crippen LogP contribution is -2.22. The predicted octanol–water partition coefficient (Wildman–Crippen LogP) is 3.21. The number of halogens is 1. The standard InChI is InChI=1S/C18H22FN5O/c1-4-24-12-15(10-20-24)11-23(3)13(2)18-21-17(22-25-18)9-14-5-7-16(19)8-6-14/h5-8,10,12-13H,4,9,11H2,1-3H3. The molecule has 2 heterocycles. The molecule has 0 spiro atoms. The van der Waals surface area contributed by atoms with Gasteiger partial charge in [0.25, 0.3) is 0 Å². The molecule has 0 N–H and O–H groups in total. The highest BCUT2D eigenvalue weighted by molar-refractivity contribution is 5.19. The molecule has 25 heavy (non-hydrogen) atoms. The van der Waals surface area contributed by atoms with Crippen molar-refractivity contribution in [1.29, 1.82) is 0 Å². The second kappa shape index (κ2) is 7.57. The molecule has 0 fully saturated rings. The molecular weight excluding hydrogens is 321 g/mol. The highest BCUT2D eigenvalue weighted by Gasteiger charge is 2.19. The van der Waals surface area contributed by atoms with E-state index in [1.165, 1.54) is 12.1 Å². The van der Waals surface area contributed by atoms with Gasteiger partial charge in [-0.15, -0.1) is 0 Å². The first kappa shape index (κ1) is 17.3. The molecule has 0 bridgehead atoms. The molecule has 1 unspecified atom stereocenters. The second-order valence-electron chi connectivity index (χ2n) is 6.15. The minimum Gasteiger partial charge on any atom is -0.338 e. The summed E-state index contributed by atoms with van der Waals surface area (Å²) in [6.07, 6.45) is 4.43. The first-order chi connectivity index (χ1) is 12.0. The topological polar surface area (TPSA) is 60.0 Å². The first-order valence-corrected chi connectivity index (χ1v) is 8.33. The summed E-state index contributed by atoms with van der Waals surface area (Å²) >= 11 is 0. The fraction of sp³-hybridized carbons (Fsp3) is 0.389. The van der Waals surface area contributed by atoms with Crippen molar-refractivity contribution in [3.05, 3.63) is 65.3 Å². The monoisotopic (exact) mass is 343 g/mol. The van der Waals surface area contributed by atoms with E-state index in [-0.39, 0.29) is 11.9 Å². The molecule has 0 amide bonds. The van der Waals surface area contributed by atoms with E-state index in [4.69, 9.17) is 4.52 Å². The van der Waals surface area contributed by atoms with Gasteiger partial charge in [-0.2, -0.15) is 10.1 Å².